The quantitative estimate of drug-likeness (QED) is 0.693. The van der Waals surface area contributed by atoms with E-state index >= 15 is 0 Å². The van der Waals surface area contributed by atoms with Crippen LogP contribution in [-0.4, -0.2) is 18.2 Å². The van der Waals surface area contributed by atoms with E-state index in [1.54, 1.807) is 24.3 Å². The maximum atomic E-state index is 12.1. The highest BCUT2D eigenvalue weighted by molar-refractivity contribution is 9.10. The molecule has 0 aliphatic heterocycles. The van der Waals surface area contributed by atoms with Crippen LogP contribution in [0.3, 0.4) is 0 Å². The molecular weight excluding hydrogens is 368 g/mol. The topological polar surface area (TPSA) is 58.2 Å². The number of benzene rings is 2. The Morgan fingerprint density at radius 2 is 1.83 bits per heavy atom. The van der Waals surface area contributed by atoms with E-state index in [0.717, 1.165) is 16.5 Å². The zero-order valence-corrected chi connectivity index (χ0v) is 15.4. The van der Waals surface area contributed by atoms with Crippen molar-refractivity contribution in [1.29, 1.82) is 0 Å². The van der Waals surface area contributed by atoms with Crippen LogP contribution in [0.25, 0.3) is 0 Å². The van der Waals surface area contributed by atoms with E-state index in [-0.39, 0.29) is 24.3 Å². The molecule has 126 valence electrons. The third kappa shape index (κ3) is 5.28. The summed E-state index contributed by atoms with van der Waals surface area (Å²) in [7, 11) is 0. The molecule has 0 radical (unpaired) electrons. The highest BCUT2D eigenvalue weighted by Crippen LogP contribution is 2.19. The molecule has 24 heavy (non-hydrogen) atoms. The van der Waals surface area contributed by atoms with Gasteiger partial charge in [0, 0.05) is 21.8 Å². The molecular formula is C19H21BrN2O2. The molecule has 1 amide bonds. The maximum absolute atomic E-state index is 12.1. The molecule has 1 atom stereocenters. The molecule has 0 bridgehead atoms. The summed E-state index contributed by atoms with van der Waals surface area (Å²) in [6.07, 6.45) is 0.884. The number of amides is 1. The summed E-state index contributed by atoms with van der Waals surface area (Å²) in [6, 6.07) is 15.1. The Morgan fingerprint density at radius 3 is 2.46 bits per heavy atom. The molecule has 0 saturated heterocycles. The molecule has 5 heteroatoms. The van der Waals surface area contributed by atoms with Gasteiger partial charge < -0.3 is 10.6 Å². The third-order valence-electron chi connectivity index (χ3n) is 3.74. The van der Waals surface area contributed by atoms with Crippen molar-refractivity contribution in [2.75, 3.05) is 11.9 Å². The predicted octanol–water partition coefficient (Wildman–Crippen LogP) is 4.33. The van der Waals surface area contributed by atoms with Crippen LogP contribution < -0.4 is 10.6 Å². The van der Waals surface area contributed by atoms with E-state index in [2.05, 4.69) is 33.5 Å². The molecule has 0 aliphatic carbocycles. The van der Waals surface area contributed by atoms with E-state index in [9.17, 15) is 9.59 Å². The summed E-state index contributed by atoms with van der Waals surface area (Å²) in [5.41, 5.74) is 2.36. The molecule has 0 saturated carbocycles. The summed E-state index contributed by atoms with van der Waals surface area (Å²) in [4.78, 5) is 23.5. The second-order valence-corrected chi connectivity index (χ2v) is 6.49. The lowest BCUT2D eigenvalue weighted by atomic mass is 10.0. The van der Waals surface area contributed by atoms with Gasteiger partial charge in [0.05, 0.1) is 6.54 Å². The van der Waals surface area contributed by atoms with Gasteiger partial charge in [0.1, 0.15) is 0 Å². The first-order valence-corrected chi connectivity index (χ1v) is 8.68. The molecule has 0 fully saturated rings. The normalized spacial score (nSPS) is 11.8. The summed E-state index contributed by atoms with van der Waals surface area (Å²) < 4.78 is 1.03. The number of carbonyl (C=O) groups is 2. The number of hydrogen-bond acceptors (Lipinski definition) is 3. The molecule has 0 unspecified atom stereocenters. The van der Waals surface area contributed by atoms with Crippen molar-refractivity contribution in [3.8, 4) is 0 Å². The van der Waals surface area contributed by atoms with Crippen molar-refractivity contribution in [3.05, 3.63) is 64.1 Å². The maximum Gasteiger partial charge on any atom is 0.238 e. The summed E-state index contributed by atoms with van der Waals surface area (Å²) in [6.45, 7) is 3.79. The van der Waals surface area contributed by atoms with E-state index in [4.69, 9.17) is 0 Å². The largest absolute Gasteiger partial charge is 0.325 e. The van der Waals surface area contributed by atoms with Crippen LogP contribution in [0, 0.1) is 0 Å². The smallest absolute Gasteiger partial charge is 0.238 e. The van der Waals surface area contributed by atoms with E-state index in [1.807, 2.05) is 24.3 Å². The fourth-order valence-electron chi connectivity index (χ4n) is 2.43. The SMILES string of the molecule is CC[C@H](NCC(=O)Nc1cccc(C(C)=O)c1)c1ccc(Br)cc1. The highest BCUT2D eigenvalue weighted by atomic mass is 79.9. The number of Topliss-reactive ketones (excluding diaryl/α,β-unsaturated/α-hetero) is 1. The molecule has 0 aromatic heterocycles. The van der Waals surface area contributed by atoms with Gasteiger partial charge in [0.2, 0.25) is 5.91 Å². The predicted molar refractivity (Wildman–Crippen MR) is 100 cm³/mol. The van der Waals surface area contributed by atoms with Crippen LogP contribution in [-0.2, 0) is 4.79 Å². The Bertz CT molecular complexity index is 714. The van der Waals surface area contributed by atoms with Crippen molar-refractivity contribution in [3.63, 3.8) is 0 Å². The number of rotatable bonds is 7. The Labute approximate surface area is 150 Å². The molecule has 0 spiro atoms. The van der Waals surface area contributed by atoms with Crippen molar-refractivity contribution >= 4 is 33.3 Å². The number of hydrogen-bond donors (Lipinski definition) is 2. The van der Waals surface area contributed by atoms with Gasteiger partial charge in [-0.3, -0.25) is 9.59 Å². The molecule has 0 heterocycles. The van der Waals surface area contributed by atoms with Crippen molar-refractivity contribution < 1.29 is 9.59 Å². The molecule has 4 nitrogen and oxygen atoms in total. The van der Waals surface area contributed by atoms with Gasteiger partial charge in [0.15, 0.2) is 5.78 Å². The highest BCUT2D eigenvalue weighted by Gasteiger charge is 2.11. The number of halogens is 1. The van der Waals surface area contributed by atoms with Gasteiger partial charge in [-0.05, 0) is 43.2 Å². The minimum Gasteiger partial charge on any atom is -0.325 e. The summed E-state index contributed by atoms with van der Waals surface area (Å²) in [5, 5.41) is 6.08. The lowest BCUT2D eigenvalue weighted by molar-refractivity contribution is -0.115. The van der Waals surface area contributed by atoms with Gasteiger partial charge >= 0.3 is 0 Å². The number of anilines is 1. The fourth-order valence-corrected chi connectivity index (χ4v) is 2.69. The standard InChI is InChI=1S/C19H21BrN2O2/c1-3-18(14-7-9-16(20)10-8-14)21-12-19(24)22-17-6-4-5-15(11-17)13(2)23/h4-11,18,21H,3,12H2,1-2H3,(H,22,24)/t18-/m0/s1. The monoisotopic (exact) mass is 388 g/mol. The minimum atomic E-state index is -0.133. The summed E-state index contributed by atoms with van der Waals surface area (Å²) in [5.74, 6) is -0.156. The van der Waals surface area contributed by atoms with Gasteiger partial charge in [0.25, 0.3) is 0 Å². The Kier molecular flexibility index (Phi) is 6.70. The van der Waals surface area contributed by atoms with Gasteiger partial charge in [-0.25, -0.2) is 0 Å². The van der Waals surface area contributed by atoms with Crippen LogP contribution in [0.4, 0.5) is 5.69 Å². The zero-order chi connectivity index (χ0) is 17.5. The second-order valence-electron chi connectivity index (χ2n) is 5.58. The van der Waals surface area contributed by atoms with E-state index in [1.165, 1.54) is 6.92 Å². The Morgan fingerprint density at radius 1 is 1.12 bits per heavy atom. The van der Waals surface area contributed by atoms with Crippen molar-refractivity contribution in [2.45, 2.75) is 26.3 Å². The van der Waals surface area contributed by atoms with Crippen molar-refractivity contribution in [1.82, 2.24) is 5.32 Å². The molecule has 2 rings (SSSR count). The summed E-state index contributed by atoms with van der Waals surface area (Å²) >= 11 is 3.42. The van der Waals surface area contributed by atoms with Crippen molar-refractivity contribution in [2.24, 2.45) is 0 Å². The second kappa shape index (κ2) is 8.76. The van der Waals surface area contributed by atoms with E-state index < -0.39 is 0 Å². The number of ketones is 1. The molecule has 2 aromatic carbocycles. The first-order valence-electron chi connectivity index (χ1n) is 7.89. The van der Waals surface area contributed by atoms with Crippen LogP contribution >= 0.6 is 15.9 Å². The minimum absolute atomic E-state index is 0.0227. The first kappa shape index (κ1) is 18.4. The average Bonchev–Trinajstić information content (AvgIpc) is 2.57. The number of carbonyl (C=O) groups excluding carboxylic acids is 2. The molecule has 2 N–H and O–H groups in total. The third-order valence-corrected chi connectivity index (χ3v) is 4.27. The van der Waals surface area contributed by atoms with Crippen LogP contribution in [0.15, 0.2) is 53.0 Å². The average molecular weight is 389 g/mol. The fraction of sp³-hybridized carbons (Fsp3) is 0.263. The first-order chi connectivity index (χ1) is 11.5. The molecule has 0 aliphatic rings. The van der Waals surface area contributed by atoms with Gasteiger partial charge in [-0.2, -0.15) is 0 Å². The van der Waals surface area contributed by atoms with Crippen LogP contribution in [0.1, 0.15) is 42.2 Å². The van der Waals surface area contributed by atoms with Crippen LogP contribution in [0.2, 0.25) is 0 Å². The van der Waals surface area contributed by atoms with Gasteiger partial charge in [-0.15, -0.1) is 0 Å². The van der Waals surface area contributed by atoms with E-state index in [0.29, 0.717) is 11.3 Å². The lowest BCUT2D eigenvalue weighted by Crippen LogP contribution is -2.31. The van der Waals surface area contributed by atoms with Gasteiger partial charge in [-0.1, -0.05) is 47.1 Å². The zero-order valence-electron chi connectivity index (χ0n) is 13.8. The lowest BCUT2D eigenvalue weighted by Gasteiger charge is -2.17. The molecule has 2 aromatic rings. The Balaban J connectivity index is 1.93. The number of nitrogens with one attached hydrogen (secondary N) is 2. The Hall–Kier alpha value is -1.98. The van der Waals surface area contributed by atoms with Crippen LogP contribution in [0.5, 0.6) is 0 Å².